The normalized spacial score (nSPS) is 10.2. The Hall–Kier alpha value is -2.29. The third-order valence-electron chi connectivity index (χ3n) is 3.12. The molecule has 0 aliphatic heterocycles. The van der Waals surface area contributed by atoms with Gasteiger partial charge in [-0.25, -0.2) is 4.79 Å². The summed E-state index contributed by atoms with van der Waals surface area (Å²) in [5, 5.41) is 2.53. The van der Waals surface area contributed by atoms with Gasteiger partial charge in [0.25, 0.3) is 0 Å². The van der Waals surface area contributed by atoms with Crippen molar-refractivity contribution in [2.45, 2.75) is 13.8 Å². The molecule has 0 fully saturated rings. The van der Waals surface area contributed by atoms with Crippen molar-refractivity contribution >= 4 is 27.4 Å². The summed E-state index contributed by atoms with van der Waals surface area (Å²) < 4.78 is 5.38. The van der Waals surface area contributed by atoms with Gasteiger partial charge in [0.1, 0.15) is 5.58 Å². The molecule has 1 aromatic heterocycles. The van der Waals surface area contributed by atoms with Gasteiger partial charge in [-0.3, -0.25) is 0 Å². The van der Waals surface area contributed by atoms with Crippen molar-refractivity contribution in [3.63, 3.8) is 0 Å². The molecule has 0 aliphatic rings. The van der Waals surface area contributed by atoms with Gasteiger partial charge in [0.05, 0.1) is 5.39 Å². The molecule has 0 radical (unpaired) electrons. The minimum atomic E-state index is -0.283. The zero-order valence-electron chi connectivity index (χ0n) is 12.3. The Morgan fingerprint density at radius 2 is 1.55 bits per heavy atom. The van der Waals surface area contributed by atoms with Gasteiger partial charge in [0, 0.05) is 31.2 Å². The van der Waals surface area contributed by atoms with Crippen molar-refractivity contribution < 1.29 is 4.42 Å². The Balaban J connectivity index is 0.000000704. The maximum Gasteiger partial charge on any atom is 0.344 e. The average Bonchev–Trinajstić information content (AvgIpc) is 2.49. The quantitative estimate of drug-likeness (QED) is 0.494. The van der Waals surface area contributed by atoms with Gasteiger partial charge < -0.3 is 9.32 Å². The van der Waals surface area contributed by atoms with Crippen LogP contribution in [0.5, 0.6) is 0 Å². The lowest BCUT2D eigenvalue weighted by molar-refractivity contribution is 0.569. The van der Waals surface area contributed by atoms with Crippen LogP contribution in [0, 0.1) is 0 Å². The highest BCUT2D eigenvalue weighted by Crippen LogP contribution is 2.25. The highest BCUT2D eigenvalue weighted by molar-refractivity contribution is 6.04. The molecule has 0 aliphatic carbocycles. The first-order chi connectivity index (χ1) is 9.66. The molecule has 0 atom stereocenters. The molecular weight excluding hydrogens is 250 g/mol. The van der Waals surface area contributed by atoms with Crippen LogP contribution in [-0.4, -0.2) is 14.1 Å². The number of hydrogen-bond acceptors (Lipinski definition) is 3. The summed E-state index contributed by atoms with van der Waals surface area (Å²) in [7, 11) is 3.92. The molecule has 3 nitrogen and oxygen atoms in total. The van der Waals surface area contributed by atoms with E-state index in [1.54, 1.807) is 6.07 Å². The number of fused-ring (bicyclic) bond motifs is 3. The van der Waals surface area contributed by atoms with Crippen LogP contribution in [-0.2, 0) is 0 Å². The topological polar surface area (TPSA) is 33.5 Å². The number of rotatable bonds is 1. The largest absolute Gasteiger partial charge is 0.422 e. The van der Waals surface area contributed by atoms with E-state index in [0.717, 1.165) is 16.5 Å². The van der Waals surface area contributed by atoms with E-state index in [2.05, 4.69) is 0 Å². The molecule has 20 heavy (non-hydrogen) atoms. The predicted octanol–water partition coefficient (Wildman–Crippen LogP) is 4.04. The highest BCUT2D eigenvalue weighted by Gasteiger charge is 2.07. The third-order valence-corrected chi connectivity index (χ3v) is 3.12. The maximum atomic E-state index is 11.9. The van der Waals surface area contributed by atoms with Crippen LogP contribution in [0.25, 0.3) is 21.7 Å². The van der Waals surface area contributed by atoms with Crippen LogP contribution in [0.3, 0.4) is 0 Å². The van der Waals surface area contributed by atoms with Gasteiger partial charge in [-0.05, 0) is 23.6 Å². The molecule has 104 valence electrons. The zero-order valence-corrected chi connectivity index (χ0v) is 12.3. The lowest BCUT2D eigenvalue weighted by Crippen LogP contribution is -2.08. The third kappa shape index (κ3) is 2.39. The molecule has 0 unspecified atom stereocenters. The molecule has 0 N–H and O–H groups in total. The smallest absolute Gasteiger partial charge is 0.344 e. The Labute approximate surface area is 118 Å². The molecule has 0 saturated heterocycles. The summed E-state index contributed by atoms with van der Waals surface area (Å²) in [5.74, 6) is 0. The van der Waals surface area contributed by atoms with Crippen molar-refractivity contribution in [1.29, 1.82) is 0 Å². The van der Waals surface area contributed by atoms with Gasteiger partial charge in [0.2, 0.25) is 0 Å². The summed E-state index contributed by atoms with van der Waals surface area (Å²) in [5.41, 5.74) is 1.36. The molecule has 0 spiro atoms. The predicted molar refractivity (Wildman–Crippen MR) is 85.7 cm³/mol. The number of anilines is 1. The monoisotopic (exact) mass is 269 g/mol. The second kappa shape index (κ2) is 5.78. The molecule has 3 aromatic rings. The van der Waals surface area contributed by atoms with E-state index in [1.165, 1.54) is 0 Å². The molecule has 0 amide bonds. The van der Waals surface area contributed by atoms with Crippen molar-refractivity contribution in [1.82, 2.24) is 0 Å². The minimum absolute atomic E-state index is 0.283. The fourth-order valence-corrected chi connectivity index (χ4v) is 2.15. The van der Waals surface area contributed by atoms with Gasteiger partial charge in [-0.15, -0.1) is 0 Å². The maximum absolute atomic E-state index is 11.9. The Bertz CT molecular complexity index is 788. The first-order valence-electron chi connectivity index (χ1n) is 6.80. The number of hydrogen-bond donors (Lipinski definition) is 0. The molecule has 1 heterocycles. The highest BCUT2D eigenvalue weighted by atomic mass is 16.4. The molecule has 2 aromatic carbocycles. The Kier molecular flexibility index (Phi) is 4.08. The lowest BCUT2D eigenvalue weighted by Gasteiger charge is -2.12. The molecule has 3 rings (SSSR count). The zero-order chi connectivity index (χ0) is 14.7. The standard InChI is InChI=1S/C15H13NO2.C2H6/c1-16(2)10-7-8-12-11-5-3-4-6-13(11)15(17)18-14(12)9-10;1-2/h3-9H,1-2H3;1-2H3. The second-order valence-electron chi connectivity index (χ2n) is 4.51. The van der Waals surface area contributed by atoms with Crippen LogP contribution in [0.1, 0.15) is 13.8 Å². The first kappa shape index (κ1) is 14.1. The van der Waals surface area contributed by atoms with Crippen LogP contribution in [0.15, 0.2) is 51.7 Å². The summed E-state index contributed by atoms with van der Waals surface area (Å²) in [6, 6.07) is 13.4. The van der Waals surface area contributed by atoms with Crippen LogP contribution < -0.4 is 10.5 Å². The van der Waals surface area contributed by atoms with Gasteiger partial charge in [-0.1, -0.05) is 32.0 Å². The van der Waals surface area contributed by atoms with E-state index < -0.39 is 0 Å². The van der Waals surface area contributed by atoms with E-state index >= 15 is 0 Å². The van der Waals surface area contributed by atoms with Crippen molar-refractivity contribution in [3.8, 4) is 0 Å². The van der Waals surface area contributed by atoms with Gasteiger partial charge in [0.15, 0.2) is 0 Å². The van der Waals surface area contributed by atoms with Gasteiger partial charge in [-0.2, -0.15) is 0 Å². The van der Waals surface area contributed by atoms with Crippen molar-refractivity contribution in [3.05, 3.63) is 52.9 Å². The van der Waals surface area contributed by atoms with Crippen LogP contribution in [0.2, 0.25) is 0 Å². The van der Waals surface area contributed by atoms with Crippen LogP contribution >= 0.6 is 0 Å². The molecular formula is C17H19NO2. The number of nitrogens with zero attached hydrogens (tertiary/aromatic N) is 1. The van der Waals surface area contributed by atoms with Crippen molar-refractivity contribution in [2.75, 3.05) is 19.0 Å². The van der Waals surface area contributed by atoms with E-state index in [-0.39, 0.29) is 5.63 Å². The van der Waals surface area contributed by atoms with Gasteiger partial charge >= 0.3 is 5.63 Å². The summed E-state index contributed by atoms with van der Waals surface area (Å²) in [4.78, 5) is 13.9. The fraction of sp³-hybridized carbons (Fsp3) is 0.235. The summed E-state index contributed by atoms with van der Waals surface area (Å²) >= 11 is 0. The molecule has 0 saturated carbocycles. The van der Waals surface area contributed by atoms with E-state index in [1.807, 2.05) is 69.2 Å². The van der Waals surface area contributed by atoms with E-state index in [9.17, 15) is 4.79 Å². The lowest BCUT2D eigenvalue weighted by atomic mass is 10.1. The Morgan fingerprint density at radius 1 is 0.900 bits per heavy atom. The average molecular weight is 269 g/mol. The summed E-state index contributed by atoms with van der Waals surface area (Å²) in [6.07, 6.45) is 0. The fourth-order valence-electron chi connectivity index (χ4n) is 2.15. The molecule has 3 heteroatoms. The van der Waals surface area contributed by atoms with Crippen LogP contribution in [0.4, 0.5) is 5.69 Å². The first-order valence-corrected chi connectivity index (χ1v) is 6.80. The van der Waals surface area contributed by atoms with E-state index in [4.69, 9.17) is 4.42 Å². The molecule has 0 bridgehead atoms. The summed E-state index contributed by atoms with van der Waals surface area (Å²) in [6.45, 7) is 4.00. The van der Waals surface area contributed by atoms with E-state index in [0.29, 0.717) is 11.0 Å². The Morgan fingerprint density at radius 3 is 2.20 bits per heavy atom. The second-order valence-corrected chi connectivity index (χ2v) is 4.51. The minimum Gasteiger partial charge on any atom is -0.422 e. The number of benzene rings is 2. The SMILES string of the molecule is CC.CN(C)c1ccc2c(c1)oc(=O)c1ccccc12. The van der Waals surface area contributed by atoms with Crippen molar-refractivity contribution in [2.24, 2.45) is 0 Å².